The Balaban J connectivity index is 1.95. The number of likely N-dealkylation sites (N-methyl/N-ethyl adjacent to an activating group) is 2. The second-order valence-corrected chi connectivity index (χ2v) is 15.0. The molecule has 3 saturated heterocycles. The highest BCUT2D eigenvalue weighted by Gasteiger charge is 2.51. The zero-order chi connectivity index (χ0) is 33.0. The number of carbonyl (C=O) groups excluding carboxylic acids is 2. The summed E-state index contributed by atoms with van der Waals surface area (Å²) in [5.41, 5.74) is -2.30. The molecular formula is C34H63N3O7. The summed E-state index contributed by atoms with van der Waals surface area (Å²) in [6, 6.07) is -0.103. The predicted octanol–water partition coefficient (Wildman–Crippen LogP) is 3.44. The van der Waals surface area contributed by atoms with E-state index >= 15 is 0 Å². The maximum Gasteiger partial charge on any atom is 0.319 e. The quantitative estimate of drug-likeness (QED) is 0.335. The van der Waals surface area contributed by atoms with E-state index in [1.165, 1.54) is 0 Å². The van der Waals surface area contributed by atoms with Crippen molar-refractivity contribution in [2.75, 3.05) is 61.0 Å². The number of hydrogen-bond donors (Lipinski definition) is 1. The molecule has 0 unspecified atom stereocenters. The van der Waals surface area contributed by atoms with Crippen molar-refractivity contribution < 1.29 is 33.6 Å². The molecular weight excluding hydrogens is 562 g/mol. The lowest BCUT2D eigenvalue weighted by Gasteiger charge is -2.47. The topological polar surface area (TPSA) is 101 Å². The van der Waals surface area contributed by atoms with Crippen LogP contribution in [-0.2, 0) is 28.5 Å². The number of ether oxygens (including phenoxy) is 4. The molecule has 0 aromatic carbocycles. The number of aliphatic hydroxyl groups is 1. The van der Waals surface area contributed by atoms with Gasteiger partial charge in [-0.1, -0.05) is 20.8 Å². The highest BCUT2D eigenvalue weighted by molar-refractivity contribution is 6.04. The van der Waals surface area contributed by atoms with Crippen molar-refractivity contribution in [1.29, 1.82) is 0 Å². The van der Waals surface area contributed by atoms with Gasteiger partial charge in [0.25, 0.3) is 0 Å². The maximum absolute atomic E-state index is 14.2. The van der Waals surface area contributed by atoms with Gasteiger partial charge in [0.15, 0.2) is 12.1 Å². The molecule has 256 valence electrons. The lowest BCUT2D eigenvalue weighted by Crippen LogP contribution is -2.59. The van der Waals surface area contributed by atoms with Crippen molar-refractivity contribution in [3.8, 4) is 0 Å². The fourth-order valence-electron chi connectivity index (χ4n) is 7.94. The number of likely N-dealkylation sites (tertiary alicyclic amines) is 1. The third kappa shape index (κ3) is 8.60. The Morgan fingerprint density at radius 2 is 1.73 bits per heavy atom. The van der Waals surface area contributed by atoms with Crippen molar-refractivity contribution in [2.45, 2.75) is 123 Å². The first-order valence-corrected chi connectivity index (χ1v) is 16.9. The van der Waals surface area contributed by atoms with E-state index in [9.17, 15) is 14.7 Å². The molecule has 0 aliphatic carbocycles. The zero-order valence-corrected chi connectivity index (χ0v) is 29.5. The van der Waals surface area contributed by atoms with Crippen LogP contribution in [0.25, 0.3) is 0 Å². The lowest BCUT2D eigenvalue weighted by molar-refractivity contribution is -0.295. The number of Topliss-reactive ketones (excluding diaryl/α,β-unsaturated/α-hetero) is 1. The van der Waals surface area contributed by atoms with E-state index in [0.717, 1.165) is 45.4 Å². The normalized spacial score (nSPS) is 39.4. The summed E-state index contributed by atoms with van der Waals surface area (Å²) in [6.45, 7) is 17.7. The van der Waals surface area contributed by atoms with Crippen LogP contribution in [0.5, 0.6) is 0 Å². The highest BCUT2D eigenvalue weighted by atomic mass is 16.7. The van der Waals surface area contributed by atoms with Crippen molar-refractivity contribution in [2.24, 2.45) is 23.2 Å². The average molecular weight is 626 g/mol. The SMILES string of the molecule is CCCN1CCC([C@H]2COC(=O)C(C)(C)C(=O)[C@H](C)[C@@H](O[C@@H]3O[C@H](C)C[C@H](N(C)C)[C@H]3O)[C@](C)(OC)C[C@@H](C)CN2C)CC1. The minimum atomic E-state index is -1.39. The number of hydrogen-bond acceptors (Lipinski definition) is 10. The van der Waals surface area contributed by atoms with Gasteiger partial charge in [0.1, 0.15) is 18.1 Å². The van der Waals surface area contributed by atoms with Crippen molar-refractivity contribution in [1.82, 2.24) is 14.7 Å². The van der Waals surface area contributed by atoms with Crippen LogP contribution < -0.4 is 0 Å². The Bertz CT molecular complexity index is 940. The number of ketones is 1. The van der Waals surface area contributed by atoms with Crippen LogP contribution in [0.1, 0.15) is 80.6 Å². The van der Waals surface area contributed by atoms with Gasteiger partial charge in [-0.25, -0.2) is 0 Å². The van der Waals surface area contributed by atoms with E-state index in [1.54, 1.807) is 27.9 Å². The van der Waals surface area contributed by atoms with Gasteiger partial charge in [0, 0.05) is 31.7 Å². The molecule has 0 radical (unpaired) electrons. The molecule has 0 aromatic heterocycles. The lowest BCUT2D eigenvalue weighted by atomic mass is 9.74. The molecule has 10 nitrogen and oxygen atoms in total. The van der Waals surface area contributed by atoms with Gasteiger partial charge in [-0.15, -0.1) is 0 Å². The van der Waals surface area contributed by atoms with E-state index in [1.807, 2.05) is 32.8 Å². The number of esters is 1. The first-order chi connectivity index (χ1) is 20.5. The standard InChI is InChI=1S/C34H63N3O7/c1-12-15-37-16-13-25(14-17-37)27-21-42-32(40)33(5,6)29(39)24(4)30(34(7,41-11)19-22(2)20-36(27)10)44-31-28(38)26(35(8)9)18-23(3)43-31/h22-28,30-31,38H,12-21H2,1-11H3/t22-,23-,24+,26+,27-,28-,30-,31+,34-/m1/s1. The van der Waals surface area contributed by atoms with Gasteiger partial charge in [0.05, 0.1) is 17.8 Å². The summed E-state index contributed by atoms with van der Waals surface area (Å²) in [4.78, 5) is 34.7. The van der Waals surface area contributed by atoms with Crippen molar-refractivity contribution >= 4 is 11.8 Å². The second kappa shape index (κ2) is 15.6. The number of cyclic esters (lactones) is 1. The first kappa shape index (κ1) is 37.3. The summed E-state index contributed by atoms with van der Waals surface area (Å²) < 4.78 is 25.1. The van der Waals surface area contributed by atoms with Crippen LogP contribution in [0, 0.1) is 23.2 Å². The molecule has 0 spiro atoms. The van der Waals surface area contributed by atoms with E-state index in [-0.39, 0.29) is 36.5 Å². The fraction of sp³-hybridized carbons (Fsp3) is 0.941. The van der Waals surface area contributed by atoms with Gasteiger partial charge in [0.2, 0.25) is 0 Å². The van der Waals surface area contributed by atoms with Crippen LogP contribution in [0.4, 0.5) is 0 Å². The maximum atomic E-state index is 14.2. The molecule has 3 fully saturated rings. The molecule has 3 aliphatic heterocycles. The first-order valence-electron chi connectivity index (χ1n) is 16.9. The van der Waals surface area contributed by atoms with Crippen LogP contribution in [0.2, 0.25) is 0 Å². The number of methoxy groups -OCH3 is 1. The Kier molecular flexibility index (Phi) is 13.3. The molecule has 1 N–H and O–H groups in total. The molecule has 10 heteroatoms. The molecule has 3 heterocycles. The second-order valence-electron chi connectivity index (χ2n) is 15.0. The van der Waals surface area contributed by atoms with Gasteiger partial charge in [-0.3, -0.25) is 14.5 Å². The Labute approximate surface area is 267 Å². The minimum absolute atomic E-state index is 0.0605. The number of piperidine rings is 1. The third-order valence-corrected chi connectivity index (χ3v) is 10.6. The van der Waals surface area contributed by atoms with E-state index < -0.39 is 41.4 Å². The van der Waals surface area contributed by atoms with Crippen LogP contribution in [0.15, 0.2) is 0 Å². The smallest absolute Gasteiger partial charge is 0.319 e. The molecule has 3 rings (SSSR count). The third-order valence-electron chi connectivity index (χ3n) is 10.6. The van der Waals surface area contributed by atoms with Crippen LogP contribution >= 0.6 is 0 Å². The van der Waals surface area contributed by atoms with Gasteiger partial charge >= 0.3 is 5.97 Å². The predicted molar refractivity (Wildman–Crippen MR) is 171 cm³/mol. The zero-order valence-electron chi connectivity index (χ0n) is 29.5. The summed E-state index contributed by atoms with van der Waals surface area (Å²) in [7, 11) is 7.64. The fourth-order valence-corrected chi connectivity index (χ4v) is 7.94. The summed E-state index contributed by atoms with van der Waals surface area (Å²) in [5, 5.41) is 11.3. The molecule has 0 aromatic rings. The van der Waals surface area contributed by atoms with Gasteiger partial charge < -0.3 is 33.9 Å². The summed E-state index contributed by atoms with van der Waals surface area (Å²) in [6.07, 6.45) is 1.74. The Morgan fingerprint density at radius 1 is 1.09 bits per heavy atom. The average Bonchev–Trinajstić information content (AvgIpc) is 2.96. The molecule has 0 bridgehead atoms. The Hall–Kier alpha value is -1.14. The molecule has 0 saturated carbocycles. The summed E-state index contributed by atoms with van der Waals surface area (Å²) in [5.74, 6) is -0.953. The van der Waals surface area contributed by atoms with Crippen molar-refractivity contribution in [3.05, 3.63) is 0 Å². The van der Waals surface area contributed by atoms with E-state index in [0.29, 0.717) is 18.8 Å². The molecule has 44 heavy (non-hydrogen) atoms. The van der Waals surface area contributed by atoms with Crippen molar-refractivity contribution in [3.63, 3.8) is 0 Å². The monoisotopic (exact) mass is 625 g/mol. The summed E-state index contributed by atoms with van der Waals surface area (Å²) >= 11 is 0. The largest absolute Gasteiger partial charge is 0.463 e. The number of nitrogens with zero attached hydrogens (tertiary/aromatic N) is 3. The number of rotatable bonds is 7. The number of aliphatic hydroxyl groups excluding tert-OH is 1. The molecule has 9 atom stereocenters. The Morgan fingerprint density at radius 3 is 2.30 bits per heavy atom. The highest BCUT2D eigenvalue weighted by Crippen LogP contribution is 2.38. The van der Waals surface area contributed by atoms with E-state index in [4.69, 9.17) is 18.9 Å². The molecule has 3 aliphatic rings. The van der Waals surface area contributed by atoms with Crippen LogP contribution in [-0.4, -0.2) is 135 Å². The van der Waals surface area contributed by atoms with Gasteiger partial charge in [-0.2, -0.15) is 0 Å². The van der Waals surface area contributed by atoms with Gasteiger partial charge in [-0.05, 0) is 112 Å². The molecule has 0 amide bonds. The van der Waals surface area contributed by atoms with E-state index in [2.05, 4.69) is 30.7 Å². The number of carbonyl (C=O) groups is 2. The minimum Gasteiger partial charge on any atom is -0.463 e. The van der Waals surface area contributed by atoms with Crippen LogP contribution in [0.3, 0.4) is 0 Å².